The van der Waals surface area contributed by atoms with Crippen molar-refractivity contribution < 1.29 is 14.3 Å². The average molecular weight is 390 g/mol. The summed E-state index contributed by atoms with van der Waals surface area (Å²) in [6, 6.07) is 7.95. The summed E-state index contributed by atoms with van der Waals surface area (Å²) >= 11 is 0. The van der Waals surface area contributed by atoms with E-state index in [0.29, 0.717) is 31.8 Å². The van der Waals surface area contributed by atoms with Gasteiger partial charge in [-0.05, 0) is 30.9 Å². The summed E-state index contributed by atoms with van der Waals surface area (Å²) in [6.07, 6.45) is 2.20. The minimum absolute atomic E-state index is 0.0747. The van der Waals surface area contributed by atoms with Crippen LogP contribution in [0.4, 0.5) is 5.69 Å². The summed E-state index contributed by atoms with van der Waals surface area (Å²) in [5.41, 5.74) is 6.72. The van der Waals surface area contributed by atoms with Crippen molar-refractivity contribution in [2.24, 2.45) is 23.5 Å². The molecule has 0 radical (unpaired) electrons. The van der Waals surface area contributed by atoms with E-state index in [2.05, 4.69) is 18.7 Å². The Kier molecular flexibility index (Phi) is 8.15. The van der Waals surface area contributed by atoms with Crippen LogP contribution in [0, 0.1) is 17.8 Å². The van der Waals surface area contributed by atoms with E-state index in [1.807, 2.05) is 36.1 Å². The second kappa shape index (κ2) is 10.3. The zero-order valence-corrected chi connectivity index (χ0v) is 17.7. The fourth-order valence-corrected chi connectivity index (χ4v) is 4.09. The van der Waals surface area contributed by atoms with Crippen LogP contribution in [0.3, 0.4) is 0 Å². The number of para-hydroxylation sites is 2. The highest BCUT2D eigenvalue weighted by molar-refractivity contribution is 5.87. The lowest BCUT2D eigenvalue weighted by Crippen LogP contribution is -2.52. The Hall–Kier alpha value is -2.24. The number of rotatable bonds is 9. The third-order valence-electron chi connectivity index (χ3n) is 5.51. The number of carbonyl (C=O) groups excluding carboxylic acids is 2. The lowest BCUT2D eigenvalue weighted by Gasteiger charge is -2.39. The molecule has 6 nitrogen and oxygen atoms in total. The van der Waals surface area contributed by atoms with E-state index >= 15 is 0 Å². The fraction of sp³-hybridized carbons (Fsp3) is 0.636. The van der Waals surface area contributed by atoms with Crippen molar-refractivity contribution in [3.63, 3.8) is 0 Å². The van der Waals surface area contributed by atoms with E-state index in [-0.39, 0.29) is 23.7 Å². The van der Waals surface area contributed by atoms with Crippen LogP contribution in [0.15, 0.2) is 24.3 Å². The molecule has 2 N–H and O–H groups in total. The molecule has 1 aromatic carbocycles. The number of hydrogen-bond acceptors (Lipinski definition) is 4. The summed E-state index contributed by atoms with van der Waals surface area (Å²) in [4.78, 5) is 29.5. The molecule has 0 aromatic heterocycles. The standard InChI is InChI=1S/C22H35N3O3/c1-5-8-17(21(23)26)18(15-16(2)3)22(27)25-13-11-24(12-14-25)19-9-6-7-10-20(19)28-4/h6-7,9-10,16-18H,5,8,11-15H2,1-4H3,(H2,23,26). The molecule has 2 rings (SSSR count). The monoisotopic (exact) mass is 389 g/mol. The van der Waals surface area contributed by atoms with Gasteiger partial charge in [-0.25, -0.2) is 0 Å². The van der Waals surface area contributed by atoms with Gasteiger partial charge in [0.15, 0.2) is 0 Å². The van der Waals surface area contributed by atoms with E-state index in [9.17, 15) is 9.59 Å². The second-order valence-electron chi connectivity index (χ2n) is 8.02. The van der Waals surface area contributed by atoms with E-state index in [4.69, 9.17) is 10.5 Å². The van der Waals surface area contributed by atoms with Crippen molar-refractivity contribution in [3.8, 4) is 5.75 Å². The average Bonchev–Trinajstić information content (AvgIpc) is 2.69. The van der Waals surface area contributed by atoms with Crippen LogP contribution in [0.25, 0.3) is 0 Å². The zero-order valence-electron chi connectivity index (χ0n) is 17.7. The number of amides is 2. The molecule has 0 aliphatic carbocycles. The first-order chi connectivity index (χ1) is 13.4. The Morgan fingerprint density at radius 3 is 2.29 bits per heavy atom. The number of hydrogen-bond donors (Lipinski definition) is 1. The van der Waals surface area contributed by atoms with Crippen LogP contribution in [0.2, 0.25) is 0 Å². The molecule has 6 heteroatoms. The van der Waals surface area contributed by atoms with E-state index < -0.39 is 0 Å². The van der Waals surface area contributed by atoms with E-state index in [1.165, 1.54) is 0 Å². The third kappa shape index (κ3) is 5.40. The summed E-state index contributed by atoms with van der Waals surface area (Å²) in [5.74, 6) is 0.195. The molecule has 28 heavy (non-hydrogen) atoms. The van der Waals surface area contributed by atoms with Crippen LogP contribution >= 0.6 is 0 Å². The van der Waals surface area contributed by atoms with Gasteiger partial charge in [0, 0.05) is 38.0 Å². The zero-order chi connectivity index (χ0) is 20.7. The van der Waals surface area contributed by atoms with Crippen molar-refractivity contribution in [2.75, 3.05) is 38.2 Å². The molecule has 2 unspecified atom stereocenters. The number of nitrogens with two attached hydrogens (primary N) is 1. The minimum atomic E-state index is -0.382. The summed E-state index contributed by atoms with van der Waals surface area (Å²) in [5, 5.41) is 0. The van der Waals surface area contributed by atoms with Gasteiger partial charge in [0.1, 0.15) is 5.75 Å². The van der Waals surface area contributed by atoms with Crippen LogP contribution in [-0.2, 0) is 9.59 Å². The largest absolute Gasteiger partial charge is 0.495 e. The lowest BCUT2D eigenvalue weighted by atomic mass is 9.81. The van der Waals surface area contributed by atoms with Gasteiger partial charge in [-0.2, -0.15) is 0 Å². The molecular formula is C22H35N3O3. The van der Waals surface area contributed by atoms with Crippen molar-refractivity contribution in [1.82, 2.24) is 4.90 Å². The summed E-state index contributed by atoms with van der Waals surface area (Å²) in [7, 11) is 1.67. The normalized spacial score (nSPS) is 16.8. The number of nitrogens with zero attached hydrogens (tertiary/aromatic N) is 2. The number of carbonyl (C=O) groups is 2. The van der Waals surface area contributed by atoms with Crippen LogP contribution in [-0.4, -0.2) is 50.0 Å². The Labute approximate surface area is 169 Å². The Morgan fingerprint density at radius 2 is 1.75 bits per heavy atom. The summed E-state index contributed by atoms with van der Waals surface area (Å²) < 4.78 is 5.47. The van der Waals surface area contributed by atoms with Crippen molar-refractivity contribution in [1.29, 1.82) is 0 Å². The smallest absolute Gasteiger partial charge is 0.226 e. The maximum Gasteiger partial charge on any atom is 0.226 e. The Bertz CT molecular complexity index is 654. The quantitative estimate of drug-likeness (QED) is 0.705. The molecule has 1 heterocycles. The third-order valence-corrected chi connectivity index (χ3v) is 5.51. The van der Waals surface area contributed by atoms with Gasteiger partial charge in [0.2, 0.25) is 11.8 Å². The summed E-state index contributed by atoms with van der Waals surface area (Å²) in [6.45, 7) is 8.98. The molecule has 1 aliphatic rings. The highest BCUT2D eigenvalue weighted by atomic mass is 16.5. The van der Waals surface area contributed by atoms with Gasteiger partial charge in [-0.3, -0.25) is 9.59 Å². The van der Waals surface area contributed by atoms with Gasteiger partial charge < -0.3 is 20.3 Å². The Morgan fingerprint density at radius 1 is 1.11 bits per heavy atom. The van der Waals surface area contributed by atoms with Crippen molar-refractivity contribution >= 4 is 17.5 Å². The van der Waals surface area contributed by atoms with Crippen molar-refractivity contribution in [3.05, 3.63) is 24.3 Å². The molecule has 156 valence electrons. The predicted octanol–water partition coefficient (Wildman–Crippen LogP) is 2.91. The van der Waals surface area contributed by atoms with Gasteiger partial charge in [-0.15, -0.1) is 0 Å². The molecule has 0 spiro atoms. The van der Waals surface area contributed by atoms with Crippen LogP contribution in [0.5, 0.6) is 5.75 Å². The van der Waals surface area contributed by atoms with Gasteiger partial charge in [0.05, 0.1) is 12.8 Å². The molecule has 0 saturated carbocycles. The molecule has 0 bridgehead atoms. The second-order valence-corrected chi connectivity index (χ2v) is 8.02. The first-order valence-corrected chi connectivity index (χ1v) is 10.3. The number of anilines is 1. The highest BCUT2D eigenvalue weighted by Crippen LogP contribution is 2.30. The Balaban J connectivity index is 2.09. The number of ether oxygens (including phenoxy) is 1. The molecule has 2 atom stereocenters. The van der Waals surface area contributed by atoms with Gasteiger partial charge >= 0.3 is 0 Å². The maximum atomic E-state index is 13.3. The molecule has 1 aliphatic heterocycles. The number of primary amides is 1. The molecule has 1 fully saturated rings. The molecule has 1 saturated heterocycles. The van der Waals surface area contributed by atoms with Gasteiger partial charge in [0.25, 0.3) is 0 Å². The lowest BCUT2D eigenvalue weighted by molar-refractivity contribution is -0.142. The number of methoxy groups -OCH3 is 1. The molecule has 1 aromatic rings. The molecule has 2 amide bonds. The van der Waals surface area contributed by atoms with E-state index in [1.54, 1.807) is 7.11 Å². The molecular weight excluding hydrogens is 354 g/mol. The van der Waals surface area contributed by atoms with E-state index in [0.717, 1.165) is 30.9 Å². The van der Waals surface area contributed by atoms with Crippen LogP contribution in [0.1, 0.15) is 40.0 Å². The topological polar surface area (TPSA) is 75.9 Å². The predicted molar refractivity (Wildman–Crippen MR) is 112 cm³/mol. The number of benzene rings is 1. The first kappa shape index (κ1) is 22.1. The number of piperazine rings is 1. The SMILES string of the molecule is CCCC(C(N)=O)C(CC(C)C)C(=O)N1CCN(c2ccccc2OC)CC1. The van der Waals surface area contributed by atoms with Crippen molar-refractivity contribution in [2.45, 2.75) is 40.0 Å². The highest BCUT2D eigenvalue weighted by Gasteiger charge is 2.36. The fourth-order valence-electron chi connectivity index (χ4n) is 4.09. The van der Waals surface area contributed by atoms with Crippen LogP contribution < -0.4 is 15.4 Å². The first-order valence-electron chi connectivity index (χ1n) is 10.3. The minimum Gasteiger partial charge on any atom is -0.495 e. The maximum absolute atomic E-state index is 13.3. The van der Waals surface area contributed by atoms with Gasteiger partial charge in [-0.1, -0.05) is 39.3 Å².